The second-order valence-electron chi connectivity index (χ2n) is 6.95. The SMILES string of the molecule is CC[C@H]1CN(c2ccc(-c3ccc(CNCc4c[nH]nn4)cc3)c(F)c2)C(=O)O1. The van der Waals surface area contributed by atoms with E-state index >= 15 is 0 Å². The lowest BCUT2D eigenvalue weighted by molar-refractivity contribution is 0.139. The fourth-order valence-corrected chi connectivity index (χ4v) is 3.30. The molecule has 1 amide bonds. The van der Waals surface area contributed by atoms with Crippen LogP contribution < -0.4 is 10.2 Å². The van der Waals surface area contributed by atoms with Gasteiger partial charge in [0.1, 0.15) is 11.9 Å². The van der Waals surface area contributed by atoms with Crippen LogP contribution in [-0.4, -0.2) is 34.2 Å². The van der Waals surface area contributed by atoms with Gasteiger partial charge in [0.05, 0.1) is 17.9 Å². The number of aromatic amines is 1. The van der Waals surface area contributed by atoms with E-state index in [-0.39, 0.29) is 11.9 Å². The largest absolute Gasteiger partial charge is 0.444 e. The van der Waals surface area contributed by atoms with Crippen molar-refractivity contribution >= 4 is 11.8 Å². The minimum atomic E-state index is -0.425. The van der Waals surface area contributed by atoms with Crippen LogP contribution in [0.25, 0.3) is 11.1 Å². The Bertz CT molecular complexity index is 975. The molecule has 0 aliphatic carbocycles. The summed E-state index contributed by atoms with van der Waals surface area (Å²) in [6, 6.07) is 12.6. The number of nitrogens with one attached hydrogen (secondary N) is 2. The van der Waals surface area contributed by atoms with Crippen LogP contribution in [0.1, 0.15) is 24.6 Å². The van der Waals surface area contributed by atoms with Crippen molar-refractivity contribution in [1.82, 2.24) is 20.7 Å². The molecule has 1 aromatic heterocycles. The molecule has 4 rings (SSSR count). The third-order valence-corrected chi connectivity index (χ3v) is 4.96. The molecule has 0 bridgehead atoms. The third-order valence-electron chi connectivity index (χ3n) is 4.96. The Hall–Kier alpha value is -3.26. The van der Waals surface area contributed by atoms with E-state index in [1.165, 1.54) is 11.0 Å². The molecule has 1 aliphatic heterocycles. The van der Waals surface area contributed by atoms with Crippen LogP contribution in [0.5, 0.6) is 0 Å². The number of hydrogen-bond acceptors (Lipinski definition) is 5. The van der Waals surface area contributed by atoms with Gasteiger partial charge in [-0.2, -0.15) is 0 Å². The molecule has 1 saturated heterocycles. The van der Waals surface area contributed by atoms with E-state index in [2.05, 4.69) is 20.7 Å². The van der Waals surface area contributed by atoms with Gasteiger partial charge in [0.15, 0.2) is 0 Å². The number of halogens is 1. The normalized spacial score (nSPS) is 16.3. The van der Waals surface area contributed by atoms with Gasteiger partial charge in [-0.3, -0.25) is 10.00 Å². The van der Waals surface area contributed by atoms with Gasteiger partial charge in [0.2, 0.25) is 0 Å². The van der Waals surface area contributed by atoms with Crippen molar-refractivity contribution in [2.75, 3.05) is 11.4 Å². The van der Waals surface area contributed by atoms with Crippen molar-refractivity contribution in [2.45, 2.75) is 32.5 Å². The quantitative estimate of drug-likeness (QED) is 0.638. The number of ether oxygens (including phenoxy) is 1. The molecule has 0 unspecified atom stereocenters. The van der Waals surface area contributed by atoms with Crippen LogP contribution in [0.2, 0.25) is 0 Å². The molecule has 2 N–H and O–H groups in total. The van der Waals surface area contributed by atoms with E-state index < -0.39 is 6.09 Å². The van der Waals surface area contributed by atoms with Gasteiger partial charge in [0, 0.05) is 24.8 Å². The van der Waals surface area contributed by atoms with Crippen LogP contribution in [0, 0.1) is 5.82 Å². The molecule has 8 heteroatoms. The van der Waals surface area contributed by atoms with E-state index in [0.29, 0.717) is 30.9 Å². The lowest BCUT2D eigenvalue weighted by Crippen LogP contribution is -2.24. The summed E-state index contributed by atoms with van der Waals surface area (Å²) in [6.45, 7) is 3.69. The Morgan fingerprint density at radius 2 is 2.07 bits per heavy atom. The highest BCUT2D eigenvalue weighted by Crippen LogP contribution is 2.29. The number of rotatable bonds is 7. The zero-order valence-electron chi connectivity index (χ0n) is 16.1. The van der Waals surface area contributed by atoms with Gasteiger partial charge in [0.25, 0.3) is 0 Å². The molecule has 2 heterocycles. The lowest BCUT2D eigenvalue weighted by atomic mass is 10.0. The second-order valence-corrected chi connectivity index (χ2v) is 6.95. The summed E-state index contributed by atoms with van der Waals surface area (Å²) in [6.07, 6.45) is 1.91. The van der Waals surface area contributed by atoms with E-state index in [1.54, 1.807) is 18.3 Å². The van der Waals surface area contributed by atoms with Crippen LogP contribution >= 0.6 is 0 Å². The van der Waals surface area contributed by atoms with Gasteiger partial charge in [-0.1, -0.05) is 36.4 Å². The maximum absolute atomic E-state index is 14.7. The first-order valence-electron chi connectivity index (χ1n) is 9.57. The van der Waals surface area contributed by atoms with Crippen LogP contribution in [-0.2, 0) is 17.8 Å². The number of amides is 1. The summed E-state index contributed by atoms with van der Waals surface area (Å²) in [7, 11) is 0. The number of hydrogen-bond donors (Lipinski definition) is 2. The maximum Gasteiger partial charge on any atom is 0.414 e. The minimum Gasteiger partial charge on any atom is -0.444 e. The van der Waals surface area contributed by atoms with Crippen molar-refractivity contribution in [3.63, 3.8) is 0 Å². The average molecular weight is 395 g/mol. The van der Waals surface area contributed by atoms with E-state index in [0.717, 1.165) is 23.2 Å². The number of aromatic nitrogens is 3. The Morgan fingerprint density at radius 3 is 2.72 bits per heavy atom. The smallest absolute Gasteiger partial charge is 0.414 e. The number of carbonyl (C=O) groups is 1. The van der Waals surface area contributed by atoms with E-state index in [1.807, 2.05) is 31.2 Å². The number of benzene rings is 2. The van der Waals surface area contributed by atoms with Crippen molar-refractivity contribution in [2.24, 2.45) is 0 Å². The molecule has 7 nitrogen and oxygen atoms in total. The van der Waals surface area contributed by atoms with Gasteiger partial charge in [-0.15, -0.1) is 5.10 Å². The van der Waals surface area contributed by atoms with E-state index in [4.69, 9.17) is 4.74 Å². The van der Waals surface area contributed by atoms with Crippen molar-refractivity contribution in [3.05, 3.63) is 65.7 Å². The Balaban J connectivity index is 1.42. The summed E-state index contributed by atoms with van der Waals surface area (Å²) in [5, 5.41) is 13.5. The molecule has 0 saturated carbocycles. The average Bonchev–Trinajstić information content (AvgIpc) is 3.38. The Kier molecular flexibility index (Phi) is 5.53. The molecule has 29 heavy (non-hydrogen) atoms. The standard InChI is InChI=1S/C21H22FN5O2/c1-2-18-13-27(21(28)29-18)17-7-8-19(20(22)9-17)15-5-3-14(4-6-15)10-23-11-16-12-24-26-25-16/h3-9,12,18,23H,2,10-11,13H2,1H3,(H,24,25,26)/t18-/m0/s1. The monoisotopic (exact) mass is 395 g/mol. The van der Waals surface area contributed by atoms with Gasteiger partial charge < -0.3 is 10.1 Å². The molecule has 150 valence electrons. The zero-order valence-corrected chi connectivity index (χ0v) is 16.1. The number of anilines is 1. The lowest BCUT2D eigenvalue weighted by Gasteiger charge is -2.14. The van der Waals surface area contributed by atoms with E-state index in [9.17, 15) is 9.18 Å². The molecular formula is C21H22FN5O2. The van der Waals surface area contributed by atoms with Crippen LogP contribution in [0.4, 0.5) is 14.9 Å². The van der Waals surface area contributed by atoms with Crippen LogP contribution in [0.3, 0.4) is 0 Å². The Labute approximate surface area is 167 Å². The highest BCUT2D eigenvalue weighted by Gasteiger charge is 2.31. The highest BCUT2D eigenvalue weighted by atomic mass is 19.1. The minimum absolute atomic E-state index is 0.143. The number of nitrogens with zero attached hydrogens (tertiary/aromatic N) is 3. The first-order valence-corrected chi connectivity index (χ1v) is 9.57. The first kappa shape index (κ1) is 19.1. The first-order chi connectivity index (χ1) is 14.1. The molecule has 1 atom stereocenters. The third kappa shape index (κ3) is 4.27. The summed E-state index contributed by atoms with van der Waals surface area (Å²) >= 11 is 0. The molecule has 0 spiro atoms. The van der Waals surface area contributed by atoms with Gasteiger partial charge >= 0.3 is 6.09 Å². The summed E-state index contributed by atoms with van der Waals surface area (Å²) in [5.74, 6) is -0.368. The fourth-order valence-electron chi connectivity index (χ4n) is 3.30. The summed E-state index contributed by atoms with van der Waals surface area (Å²) in [4.78, 5) is 13.5. The highest BCUT2D eigenvalue weighted by molar-refractivity contribution is 5.90. The van der Waals surface area contributed by atoms with Gasteiger partial charge in [-0.05, 0) is 35.7 Å². The number of H-pyrrole nitrogens is 1. The predicted octanol–water partition coefficient (Wildman–Crippen LogP) is 3.64. The molecule has 1 fully saturated rings. The predicted molar refractivity (Wildman–Crippen MR) is 107 cm³/mol. The molecule has 0 radical (unpaired) electrons. The maximum atomic E-state index is 14.7. The molecule has 1 aliphatic rings. The number of carbonyl (C=O) groups excluding carboxylic acids is 1. The molecular weight excluding hydrogens is 373 g/mol. The van der Waals surface area contributed by atoms with Gasteiger partial charge in [-0.25, -0.2) is 9.18 Å². The number of cyclic esters (lactones) is 1. The van der Waals surface area contributed by atoms with Crippen molar-refractivity contribution < 1.29 is 13.9 Å². The second kappa shape index (κ2) is 8.40. The molecule has 2 aromatic carbocycles. The molecule has 3 aromatic rings. The zero-order chi connectivity index (χ0) is 20.2. The fraction of sp³-hybridized carbons (Fsp3) is 0.286. The van der Waals surface area contributed by atoms with Crippen LogP contribution in [0.15, 0.2) is 48.7 Å². The Morgan fingerprint density at radius 1 is 1.24 bits per heavy atom. The van der Waals surface area contributed by atoms with Crippen molar-refractivity contribution in [1.29, 1.82) is 0 Å². The van der Waals surface area contributed by atoms with Crippen molar-refractivity contribution in [3.8, 4) is 11.1 Å². The topological polar surface area (TPSA) is 83.1 Å². The summed E-state index contributed by atoms with van der Waals surface area (Å²) in [5.41, 5.74) is 3.72. The summed E-state index contributed by atoms with van der Waals surface area (Å²) < 4.78 is 20.0.